The Hall–Kier alpha value is 2.39. The van der Waals surface area contributed by atoms with Gasteiger partial charge < -0.3 is 16.4 Å². The predicted octanol–water partition coefficient (Wildman–Crippen LogP) is -4.84. The molecule has 3 nitrogen and oxygen atoms in total. The summed E-state index contributed by atoms with van der Waals surface area (Å²) in [6.45, 7) is 0. The van der Waals surface area contributed by atoms with E-state index in [1.165, 1.54) is 0 Å². The van der Waals surface area contributed by atoms with E-state index in [0.717, 1.165) is 0 Å². The molecule has 1 radical (unpaired) electrons. The molecule has 0 saturated heterocycles. The van der Waals surface area contributed by atoms with E-state index in [4.69, 9.17) is 0 Å². The maximum absolute atomic E-state index is 0. The van der Waals surface area contributed by atoms with Gasteiger partial charge in [0.05, 0.1) is 0 Å². The zero-order valence-electron chi connectivity index (χ0n) is 3.22. The molecule has 0 amide bonds. The molecule has 51 valence electrons. The average Bonchev–Trinajstić information content (AvgIpc) is 0. The second-order valence-electron chi connectivity index (χ2n) is 0. The first-order chi connectivity index (χ1) is 0. The van der Waals surface area contributed by atoms with Crippen molar-refractivity contribution in [3.05, 3.63) is 0 Å². The van der Waals surface area contributed by atoms with Crippen molar-refractivity contribution in [2.45, 2.75) is 0 Å². The molecule has 0 rings (SSSR count). The second kappa shape index (κ2) is 52.9. The summed E-state index contributed by atoms with van der Waals surface area (Å²) in [7, 11) is 0. The Kier molecular flexibility index (Phi) is 708. The molecule has 0 heterocycles. The van der Waals surface area contributed by atoms with Crippen molar-refractivity contribution in [3.63, 3.8) is 0 Å². The van der Waals surface area contributed by atoms with Gasteiger partial charge in [-0.2, -0.15) is 0 Å². The molecule has 0 aliphatic rings. The van der Waals surface area contributed by atoms with Crippen LogP contribution in [0.2, 0.25) is 0 Å². The monoisotopic (exact) mass is 585 g/mol. The van der Waals surface area contributed by atoms with Crippen LogP contribution in [-0.4, -0.2) is 68.8 Å². The van der Waals surface area contributed by atoms with Crippen LogP contribution in [0.25, 0.3) is 0 Å². The van der Waals surface area contributed by atoms with Gasteiger partial charge in [-0.15, -0.1) is 0 Å². The van der Waals surface area contributed by atoms with Crippen molar-refractivity contribution < 1.29 is 38.8 Å². The number of hydrogen-bond acceptors (Lipinski definition) is 0. The molecule has 6 heteroatoms. The van der Waals surface area contributed by atoms with Crippen molar-refractivity contribution in [2.24, 2.45) is 0 Å². The van der Waals surface area contributed by atoms with Gasteiger partial charge in [-0.3, -0.25) is 0 Å². The first-order valence-corrected chi connectivity index (χ1v) is 0. The Labute approximate surface area is 89.9 Å². The molecule has 6 heavy (non-hydrogen) atoms. The molecule has 6 N–H and O–H groups in total. The fraction of sp³-hybridized carbons (Fsp3) is 0. The zero-order valence-corrected chi connectivity index (χ0v) is 15.7. The fourth-order valence-corrected chi connectivity index (χ4v) is 0. The van der Waals surface area contributed by atoms with Crippen LogP contribution in [0.5, 0.6) is 0 Å². The average molecular weight is 586 g/mol. The van der Waals surface area contributed by atoms with Gasteiger partial charge >= 0.3 is 52.4 Å². The van der Waals surface area contributed by atoms with E-state index in [2.05, 4.69) is 0 Å². The molecular formula is H12AgBi2O3. The molecule has 0 fully saturated rings. The van der Waals surface area contributed by atoms with Crippen LogP contribution >= 0.6 is 0 Å². The van der Waals surface area contributed by atoms with Crippen LogP contribution in [0, 0.1) is 0 Å². The van der Waals surface area contributed by atoms with Crippen molar-refractivity contribution >= 4 is 52.4 Å². The van der Waals surface area contributed by atoms with Crippen LogP contribution in [0.4, 0.5) is 0 Å². The summed E-state index contributed by atoms with van der Waals surface area (Å²) in [6.07, 6.45) is 0. The SMILES string of the molecule is O.O.O.[Ag].[BiH3].[BiH3]. The molecule has 0 atom stereocenters. The normalized spacial score (nSPS) is 0. The van der Waals surface area contributed by atoms with Gasteiger partial charge in [-0.1, -0.05) is 0 Å². The number of hydrogen-bond donors (Lipinski definition) is 0. The van der Waals surface area contributed by atoms with E-state index in [1.807, 2.05) is 0 Å². The molecule has 0 aromatic heterocycles. The topological polar surface area (TPSA) is 94.5 Å². The summed E-state index contributed by atoms with van der Waals surface area (Å²) in [4.78, 5) is 0. The third kappa shape index (κ3) is 32.5. The Bertz CT molecular complexity index is 8.75. The molecular weight excluding hydrogens is 574 g/mol. The van der Waals surface area contributed by atoms with E-state index in [9.17, 15) is 0 Å². The summed E-state index contributed by atoms with van der Waals surface area (Å²) in [6, 6.07) is 0. The van der Waals surface area contributed by atoms with E-state index in [1.54, 1.807) is 0 Å². The standard InChI is InChI=1S/Ag.2Bi.3H2O.6H/h;;;3*1H2;;;;;;. The van der Waals surface area contributed by atoms with Crippen molar-refractivity contribution in [2.75, 3.05) is 0 Å². The predicted molar refractivity (Wildman–Crippen MR) is 30.7 cm³/mol. The summed E-state index contributed by atoms with van der Waals surface area (Å²) in [5.74, 6) is 0. The van der Waals surface area contributed by atoms with Crippen molar-refractivity contribution in [1.82, 2.24) is 0 Å². The van der Waals surface area contributed by atoms with Crippen LogP contribution in [0.3, 0.4) is 0 Å². The van der Waals surface area contributed by atoms with Crippen LogP contribution in [0.15, 0.2) is 0 Å². The molecule has 0 bridgehead atoms. The summed E-state index contributed by atoms with van der Waals surface area (Å²) in [5, 5.41) is 0. The van der Waals surface area contributed by atoms with Gasteiger partial charge in [-0.25, -0.2) is 0 Å². The Morgan fingerprint density at radius 1 is 0.500 bits per heavy atom. The zero-order chi connectivity index (χ0) is 0. The van der Waals surface area contributed by atoms with Gasteiger partial charge in [0.15, 0.2) is 0 Å². The minimum atomic E-state index is 0. The molecule has 0 aromatic carbocycles. The van der Waals surface area contributed by atoms with Crippen LogP contribution in [-0.2, 0) is 22.4 Å². The Morgan fingerprint density at radius 2 is 0.500 bits per heavy atom. The Balaban J connectivity index is 0. The second-order valence-corrected chi connectivity index (χ2v) is 0. The van der Waals surface area contributed by atoms with E-state index >= 15 is 0 Å². The van der Waals surface area contributed by atoms with Gasteiger partial charge in [-0.05, 0) is 0 Å². The van der Waals surface area contributed by atoms with Gasteiger partial charge in [0.1, 0.15) is 0 Å². The molecule has 0 aliphatic carbocycles. The molecule has 0 unspecified atom stereocenters. The fourth-order valence-electron chi connectivity index (χ4n) is 0. The summed E-state index contributed by atoms with van der Waals surface area (Å²) >= 11 is 0. The summed E-state index contributed by atoms with van der Waals surface area (Å²) in [5.41, 5.74) is 0. The van der Waals surface area contributed by atoms with E-state index in [-0.39, 0.29) is 91.2 Å². The van der Waals surface area contributed by atoms with Gasteiger partial charge in [0, 0.05) is 22.4 Å². The van der Waals surface area contributed by atoms with E-state index in [0.29, 0.717) is 0 Å². The minimum absolute atomic E-state index is 0. The maximum atomic E-state index is 0. The number of rotatable bonds is 0. The van der Waals surface area contributed by atoms with E-state index < -0.39 is 0 Å². The molecule has 0 aliphatic heterocycles. The summed E-state index contributed by atoms with van der Waals surface area (Å²) < 4.78 is 0. The Morgan fingerprint density at radius 3 is 0.500 bits per heavy atom. The first kappa shape index (κ1) is 80.3. The van der Waals surface area contributed by atoms with Gasteiger partial charge in [0.25, 0.3) is 0 Å². The first-order valence-electron chi connectivity index (χ1n) is 0. The third-order valence-electron chi connectivity index (χ3n) is 0. The van der Waals surface area contributed by atoms with Crippen molar-refractivity contribution in [3.8, 4) is 0 Å². The van der Waals surface area contributed by atoms with Crippen LogP contribution in [0.1, 0.15) is 0 Å². The van der Waals surface area contributed by atoms with Crippen LogP contribution < -0.4 is 0 Å². The van der Waals surface area contributed by atoms with Crippen molar-refractivity contribution in [1.29, 1.82) is 0 Å². The third-order valence-corrected chi connectivity index (χ3v) is 0. The molecule has 0 spiro atoms. The molecule has 0 aromatic rings. The quantitative estimate of drug-likeness (QED) is 0.255. The molecule has 0 saturated carbocycles. The van der Waals surface area contributed by atoms with Gasteiger partial charge in [0.2, 0.25) is 0 Å².